The Morgan fingerprint density at radius 3 is 2.66 bits per heavy atom. The normalized spacial score (nSPS) is 16.3. The smallest absolute Gasteiger partial charge is 0.362 e. The summed E-state index contributed by atoms with van der Waals surface area (Å²) in [5.74, 6) is -2.70. The summed E-state index contributed by atoms with van der Waals surface area (Å²) in [4.78, 5) is 45.0. The van der Waals surface area contributed by atoms with Crippen LogP contribution < -0.4 is 11.1 Å². The number of nitrogens with two attached hydrogens (primary N) is 1. The molecule has 0 radical (unpaired) electrons. The van der Waals surface area contributed by atoms with Gasteiger partial charge in [0.2, 0.25) is 6.61 Å². The number of nitrogens with one attached hydrogen (secondary N) is 1. The van der Waals surface area contributed by atoms with Crippen LogP contribution in [-0.4, -0.2) is 64.9 Å². The maximum atomic E-state index is 12.5. The van der Waals surface area contributed by atoms with Gasteiger partial charge in [0.05, 0.1) is 6.54 Å². The molecule has 1 saturated heterocycles. The fourth-order valence-corrected chi connectivity index (χ4v) is 3.71. The van der Waals surface area contributed by atoms with Crippen molar-refractivity contribution in [2.75, 3.05) is 18.9 Å². The number of carbonyl (C=O) groups excluding carboxylic acids is 3. The van der Waals surface area contributed by atoms with Crippen molar-refractivity contribution in [2.45, 2.75) is 12.6 Å². The van der Waals surface area contributed by atoms with Gasteiger partial charge in [-0.1, -0.05) is 35.5 Å². The number of aromatic nitrogens is 1. The Morgan fingerprint density at radius 1 is 1.34 bits per heavy atom. The zero-order valence-corrected chi connectivity index (χ0v) is 17.8. The van der Waals surface area contributed by atoms with Gasteiger partial charge in [0, 0.05) is 5.38 Å². The van der Waals surface area contributed by atoms with E-state index in [1.807, 2.05) is 6.07 Å². The van der Waals surface area contributed by atoms with E-state index in [1.165, 1.54) is 5.38 Å². The lowest BCUT2D eigenvalue weighted by atomic mass is 10.1. The Hall–Kier alpha value is -3.56. The van der Waals surface area contributed by atoms with Gasteiger partial charge in [0.1, 0.15) is 18.3 Å². The van der Waals surface area contributed by atoms with Crippen molar-refractivity contribution in [3.63, 3.8) is 0 Å². The van der Waals surface area contributed by atoms with E-state index in [1.54, 1.807) is 24.3 Å². The Bertz CT molecular complexity index is 1150. The second-order valence-corrected chi connectivity index (χ2v) is 8.53. The monoisotopic (exact) mass is 483 g/mol. The Balaban J connectivity index is 1.60. The number of β-lactam (4-membered cyclic amide) rings is 1. The highest BCUT2D eigenvalue weighted by Gasteiger charge is 2.45. The van der Waals surface area contributed by atoms with Crippen molar-refractivity contribution >= 4 is 50.3 Å². The van der Waals surface area contributed by atoms with Gasteiger partial charge in [-0.15, -0.1) is 11.3 Å². The number of nitrogens with zero attached hydrogens (tertiary/aromatic N) is 3. The van der Waals surface area contributed by atoms with E-state index < -0.39 is 53.0 Å². The number of ether oxygens (including phenoxy) is 1. The molecule has 2 heterocycles. The fourth-order valence-electron chi connectivity index (χ4n) is 2.47. The van der Waals surface area contributed by atoms with Gasteiger partial charge in [0.25, 0.3) is 11.8 Å². The molecule has 1 aliphatic rings. The highest BCUT2D eigenvalue weighted by molar-refractivity contribution is 7.84. The molecule has 1 aromatic carbocycles. The number of benzene rings is 1. The SMILES string of the molecule is Nc1nc(C(=NOCC(=O)OCc2ccccc2)C(=O)N[C@H]2CN(S(=O)(=O)O)C2=O)cs1. The number of nitrogen functional groups attached to an aromatic ring is 1. The molecule has 2 aromatic rings. The largest absolute Gasteiger partial charge is 0.458 e. The second kappa shape index (κ2) is 9.71. The van der Waals surface area contributed by atoms with Crippen molar-refractivity contribution in [1.29, 1.82) is 0 Å². The van der Waals surface area contributed by atoms with Gasteiger partial charge in [-0.05, 0) is 5.56 Å². The summed E-state index contributed by atoms with van der Waals surface area (Å²) in [5, 5.41) is 7.38. The van der Waals surface area contributed by atoms with E-state index >= 15 is 0 Å². The molecule has 170 valence electrons. The van der Waals surface area contributed by atoms with E-state index in [-0.39, 0.29) is 21.7 Å². The fraction of sp³-hybridized carbons (Fsp3) is 0.235. The van der Waals surface area contributed by atoms with Crippen LogP contribution in [0.5, 0.6) is 0 Å². The molecule has 32 heavy (non-hydrogen) atoms. The van der Waals surface area contributed by atoms with Crippen molar-refractivity contribution < 1.29 is 36.9 Å². The van der Waals surface area contributed by atoms with E-state index in [0.29, 0.717) is 0 Å². The lowest BCUT2D eigenvalue weighted by Gasteiger charge is -2.35. The van der Waals surface area contributed by atoms with Gasteiger partial charge >= 0.3 is 16.3 Å². The number of amides is 2. The molecule has 1 atom stereocenters. The van der Waals surface area contributed by atoms with Crippen LogP contribution in [0.25, 0.3) is 0 Å². The minimum Gasteiger partial charge on any atom is -0.458 e. The quantitative estimate of drug-likeness (QED) is 0.135. The summed E-state index contributed by atoms with van der Waals surface area (Å²) in [6.45, 7) is -1.04. The second-order valence-electron chi connectivity index (χ2n) is 6.30. The molecule has 1 aromatic heterocycles. The molecule has 1 fully saturated rings. The molecule has 0 saturated carbocycles. The molecule has 0 aliphatic carbocycles. The van der Waals surface area contributed by atoms with Crippen molar-refractivity contribution in [3.05, 3.63) is 47.0 Å². The first-order chi connectivity index (χ1) is 15.1. The molecule has 0 bridgehead atoms. The van der Waals surface area contributed by atoms with Crippen LogP contribution in [0, 0.1) is 0 Å². The third kappa shape index (κ3) is 5.77. The number of hydrogen-bond acceptors (Lipinski definition) is 11. The zero-order chi connectivity index (χ0) is 23.3. The number of thiazole rings is 1. The number of esters is 1. The predicted octanol–water partition coefficient (Wildman–Crippen LogP) is -0.681. The Labute approximate surface area is 185 Å². The molecule has 0 spiro atoms. The standard InChI is InChI=1S/C17H17N5O8S2/c18-17-20-12(9-31-17)14(15(24)19-11-6-22(16(11)25)32(26,27)28)21-30-8-13(23)29-7-10-4-2-1-3-5-10/h1-5,9,11H,6-8H2,(H2,18,20)(H,19,24)(H,26,27,28)/t11-/m0/s1. The van der Waals surface area contributed by atoms with Crippen molar-refractivity contribution in [3.8, 4) is 0 Å². The van der Waals surface area contributed by atoms with Gasteiger partial charge in [-0.2, -0.15) is 8.42 Å². The molecule has 1 aliphatic heterocycles. The number of oxime groups is 1. The van der Waals surface area contributed by atoms with Crippen LogP contribution in [0.15, 0.2) is 40.9 Å². The molecule has 13 nitrogen and oxygen atoms in total. The van der Waals surface area contributed by atoms with Crippen LogP contribution in [0.2, 0.25) is 0 Å². The molecule has 3 rings (SSSR count). The summed E-state index contributed by atoms with van der Waals surface area (Å²) in [5.41, 5.74) is 5.95. The lowest BCUT2D eigenvalue weighted by Crippen LogP contribution is -2.65. The third-order valence-corrected chi connectivity index (χ3v) is 5.60. The number of rotatable bonds is 9. The minimum absolute atomic E-state index is 0.0149. The van der Waals surface area contributed by atoms with Crippen LogP contribution in [0.1, 0.15) is 11.3 Å². The Morgan fingerprint density at radius 2 is 2.06 bits per heavy atom. The topological polar surface area (TPSA) is 191 Å². The maximum Gasteiger partial charge on any atom is 0.362 e. The van der Waals surface area contributed by atoms with Gasteiger partial charge in [0.15, 0.2) is 10.8 Å². The van der Waals surface area contributed by atoms with Crippen LogP contribution in [-0.2, 0) is 40.9 Å². The Kier molecular flexibility index (Phi) is 7.01. The van der Waals surface area contributed by atoms with Gasteiger partial charge in [-0.25, -0.2) is 14.1 Å². The molecule has 0 unspecified atom stereocenters. The first-order valence-electron chi connectivity index (χ1n) is 8.86. The van der Waals surface area contributed by atoms with Crippen LogP contribution in [0.4, 0.5) is 5.13 Å². The average molecular weight is 483 g/mol. The minimum atomic E-state index is -4.70. The maximum absolute atomic E-state index is 12.5. The van der Waals surface area contributed by atoms with E-state index in [4.69, 9.17) is 19.9 Å². The van der Waals surface area contributed by atoms with Gasteiger partial charge < -0.3 is 20.6 Å². The molecular weight excluding hydrogens is 466 g/mol. The van der Waals surface area contributed by atoms with Crippen LogP contribution in [0.3, 0.4) is 0 Å². The van der Waals surface area contributed by atoms with Crippen molar-refractivity contribution in [1.82, 2.24) is 14.6 Å². The first kappa shape index (κ1) is 23.1. The highest BCUT2D eigenvalue weighted by Crippen LogP contribution is 2.16. The van der Waals surface area contributed by atoms with E-state index in [2.05, 4.69) is 15.5 Å². The van der Waals surface area contributed by atoms with Crippen molar-refractivity contribution in [2.24, 2.45) is 5.16 Å². The summed E-state index contributed by atoms with van der Waals surface area (Å²) in [6, 6.07) is 7.73. The predicted molar refractivity (Wildman–Crippen MR) is 110 cm³/mol. The summed E-state index contributed by atoms with van der Waals surface area (Å²) in [7, 11) is -4.70. The number of hydrogen-bond donors (Lipinski definition) is 3. The van der Waals surface area contributed by atoms with E-state index in [9.17, 15) is 22.8 Å². The molecule has 4 N–H and O–H groups in total. The molecule has 2 amide bonds. The molecular formula is C17H17N5O8S2. The highest BCUT2D eigenvalue weighted by atomic mass is 32.2. The summed E-state index contributed by atoms with van der Waals surface area (Å²) >= 11 is 1.01. The first-order valence-corrected chi connectivity index (χ1v) is 11.1. The molecule has 15 heteroatoms. The number of anilines is 1. The zero-order valence-electron chi connectivity index (χ0n) is 16.2. The lowest BCUT2D eigenvalue weighted by molar-refractivity contribution is -0.150. The van der Waals surface area contributed by atoms with Crippen LogP contribution >= 0.6 is 11.3 Å². The van der Waals surface area contributed by atoms with Gasteiger partial charge in [-0.3, -0.25) is 14.1 Å². The number of carbonyl (C=O) groups is 3. The summed E-state index contributed by atoms with van der Waals surface area (Å²) in [6.07, 6.45) is 0. The van der Waals surface area contributed by atoms with E-state index in [0.717, 1.165) is 16.9 Å². The summed E-state index contributed by atoms with van der Waals surface area (Å²) < 4.78 is 36.1. The average Bonchev–Trinajstić information content (AvgIpc) is 3.17. The third-order valence-electron chi connectivity index (χ3n) is 4.04.